The Labute approximate surface area is 120 Å². The average Bonchev–Trinajstić information content (AvgIpc) is 2.86. The maximum absolute atomic E-state index is 11.9. The maximum atomic E-state index is 11.9. The molecule has 6 heteroatoms. The highest BCUT2D eigenvalue weighted by atomic mass is 16.5. The fourth-order valence-corrected chi connectivity index (χ4v) is 2.57. The number of fused-ring (bicyclic) bond motifs is 2. The molecule has 0 saturated heterocycles. The van der Waals surface area contributed by atoms with Gasteiger partial charge in [0.2, 0.25) is 5.56 Å². The van der Waals surface area contributed by atoms with Gasteiger partial charge in [-0.05, 0) is 12.1 Å². The first-order valence-corrected chi connectivity index (χ1v) is 6.54. The molecule has 0 bridgehead atoms. The minimum atomic E-state index is -0.162. The van der Waals surface area contributed by atoms with Crippen molar-refractivity contribution in [2.45, 2.75) is 0 Å². The maximum Gasteiger partial charge on any atom is 0.249 e. The molecular formula is C15H12N4O2. The first-order valence-electron chi connectivity index (χ1n) is 6.54. The first-order chi connectivity index (χ1) is 10.2. The smallest absolute Gasteiger partial charge is 0.249 e. The number of nitrogens with one attached hydrogen (secondary N) is 1. The Morgan fingerprint density at radius 2 is 2.19 bits per heavy atom. The van der Waals surface area contributed by atoms with Gasteiger partial charge in [-0.3, -0.25) is 14.8 Å². The number of aromatic amines is 1. The summed E-state index contributed by atoms with van der Waals surface area (Å²) >= 11 is 0. The second-order valence-electron chi connectivity index (χ2n) is 4.97. The van der Waals surface area contributed by atoms with E-state index in [9.17, 15) is 4.79 Å². The third kappa shape index (κ3) is 1.84. The average molecular weight is 280 g/mol. The van der Waals surface area contributed by atoms with E-state index in [0.717, 1.165) is 27.9 Å². The van der Waals surface area contributed by atoms with Crippen LogP contribution in [0.15, 0.2) is 41.6 Å². The Bertz CT molecular complexity index is 889. The number of hydrogen-bond acceptors (Lipinski definition) is 5. The summed E-state index contributed by atoms with van der Waals surface area (Å²) in [7, 11) is 1.95. The van der Waals surface area contributed by atoms with Crippen LogP contribution in [-0.2, 0) is 0 Å². The predicted octanol–water partition coefficient (Wildman–Crippen LogP) is 1.77. The molecule has 1 aliphatic rings. The van der Waals surface area contributed by atoms with Gasteiger partial charge < -0.3 is 14.6 Å². The molecule has 1 aliphatic heterocycles. The van der Waals surface area contributed by atoms with Crippen LogP contribution in [0.25, 0.3) is 22.2 Å². The Kier molecular flexibility index (Phi) is 2.44. The quantitative estimate of drug-likeness (QED) is 0.735. The Morgan fingerprint density at radius 1 is 1.29 bits per heavy atom. The number of ether oxygens (including phenoxy) is 1. The second-order valence-corrected chi connectivity index (χ2v) is 4.97. The third-order valence-corrected chi connectivity index (χ3v) is 3.59. The molecule has 3 heterocycles. The van der Waals surface area contributed by atoms with E-state index in [1.165, 1.54) is 6.07 Å². The van der Waals surface area contributed by atoms with Crippen molar-refractivity contribution in [2.24, 2.45) is 0 Å². The Morgan fingerprint density at radius 3 is 3.00 bits per heavy atom. The molecule has 1 aromatic carbocycles. The lowest BCUT2D eigenvalue weighted by molar-refractivity contribution is 0.353. The number of pyridine rings is 1. The van der Waals surface area contributed by atoms with Gasteiger partial charge in [0, 0.05) is 36.5 Å². The normalized spacial score (nSPS) is 13.3. The SMILES string of the molecule is CN1COc2cc3c(-c4cnccn4)cc(=O)[nH]c3cc21. The molecule has 0 fully saturated rings. The minimum absolute atomic E-state index is 0.162. The number of anilines is 1. The zero-order valence-corrected chi connectivity index (χ0v) is 11.3. The largest absolute Gasteiger partial charge is 0.471 e. The van der Waals surface area contributed by atoms with Crippen LogP contribution in [0.2, 0.25) is 0 Å². The number of H-pyrrole nitrogens is 1. The third-order valence-electron chi connectivity index (χ3n) is 3.59. The number of rotatable bonds is 1. The second kappa shape index (κ2) is 4.31. The molecule has 0 aliphatic carbocycles. The fourth-order valence-electron chi connectivity index (χ4n) is 2.57. The van der Waals surface area contributed by atoms with E-state index in [4.69, 9.17) is 4.74 Å². The van der Waals surface area contributed by atoms with Crippen LogP contribution < -0.4 is 15.2 Å². The monoisotopic (exact) mass is 280 g/mol. The summed E-state index contributed by atoms with van der Waals surface area (Å²) in [5.41, 5.74) is 2.99. The van der Waals surface area contributed by atoms with Gasteiger partial charge in [-0.1, -0.05) is 0 Å². The van der Waals surface area contributed by atoms with Crippen LogP contribution in [0.4, 0.5) is 5.69 Å². The van der Waals surface area contributed by atoms with Crippen LogP contribution in [0.5, 0.6) is 5.75 Å². The van der Waals surface area contributed by atoms with Crippen molar-refractivity contribution in [1.29, 1.82) is 0 Å². The molecule has 0 saturated carbocycles. The summed E-state index contributed by atoms with van der Waals surface area (Å²) in [6, 6.07) is 5.41. The van der Waals surface area contributed by atoms with Gasteiger partial charge >= 0.3 is 0 Å². The lowest BCUT2D eigenvalue weighted by Gasteiger charge is -2.10. The van der Waals surface area contributed by atoms with E-state index in [2.05, 4.69) is 15.0 Å². The van der Waals surface area contributed by atoms with Crippen molar-refractivity contribution < 1.29 is 4.74 Å². The molecule has 3 aromatic rings. The lowest BCUT2D eigenvalue weighted by atomic mass is 10.1. The van der Waals surface area contributed by atoms with Gasteiger partial charge in [-0.25, -0.2) is 0 Å². The molecule has 4 rings (SSSR count). The highest BCUT2D eigenvalue weighted by Gasteiger charge is 2.19. The van der Waals surface area contributed by atoms with Crippen LogP contribution in [-0.4, -0.2) is 28.7 Å². The Hall–Kier alpha value is -2.89. The van der Waals surface area contributed by atoms with E-state index < -0.39 is 0 Å². The standard InChI is InChI=1S/C15H12N4O2/c1-19-8-21-14-4-9-10(12-7-16-2-3-17-12)5-15(20)18-11(9)6-13(14)19/h2-7H,8H2,1H3,(H,18,20). The Balaban J connectivity index is 2.06. The number of hydrogen-bond donors (Lipinski definition) is 1. The van der Waals surface area contributed by atoms with E-state index in [0.29, 0.717) is 12.4 Å². The summed E-state index contributed by atoms with van der Waals surface area (Å²) in [5, 5.41) is 0.893. The van der Waals surface area contributed by atoms with Gasteiger partial charge in [-0.2, -0.15) is 0 Å². The zero-order chi connectivity index (χ0) is 14.4. The van der Waals surface area contributed by atoms with Gasteiger partial charge in [-0.15, -0.1) is 0 Å². The van der Waals surface area contributed by atoms with E-state index >= 15 is 0 Å². The zero-order valence-electron chi connectivity index (χ0n) is 11.3. The number of nitrogens with zero attached hydrogens (tertiary/aromatic N) is 3. The van der Waals surface area contributed by atoms with Crippen LogP contribution in [0.3, 0.4) is 0 Å². The van der Waals surface area contributed by atoms with Crippen LogP contribution >= 0.6 is 0 Å². The molecule has 2 aromatic heterocycles. The van der Waals surface area contributed by atoms with Crippen molar-refractivity contribution in [3.05, 3.63) is 47.1 Å². The van der Waals surface area contributed by atoms with Crippen molar-refractivity contribution in [2.75, 3.05) is 18.7 Å². The first kappa shape index (κ1) is 11.9. The van der Waals surface area contributed by atoms with E-state index in [1.807, 2.05) is 24.1 Å². The molecule has 0 atom stereocenters. The van der Waals surface area contributed by atoms with Gasteiger partial charge in [0.25, 0.3) is 0 Å². The minimum Gasteiger partial charge on any atom is -0.471 e. The highest BCUT2D eigenvalue weighted by Crippen LogP contribution is 2.38. The molecule has 0 unspecified atom stereocenters. The number of aromatic nitrogens is 3. The molecule has 0 spiro atoms. The van der Waals surface area contributed by atoms with Crippen LogP contribution in [0.1, 0.15) is 0 Å². The molecule has 1 N–H and O–H groups in total. The van der Waals surface area contributed by atoms with Gasteiger partial charge in [0.05, 0.1) is 23.1 Å². The lowest BCUT2D eigenvalue weighted by Crippen LogP contribution is -2.14. The van der Waals surface area contributed by atoms with Gasteiger partial charge in [0.1, 0.15) is 5.75 Å². The summed E-state index contributed by atoms with van der Waals surface area (Å²) in [6.45, 7) is 0.510. The summed E-state index contributed by atoms with van der Waals surface area (Å²) in [5.74, 6) is 0.808. The topological polar surface area (TPSA) is 71.1 Å². The van der Waals surface area contributed by atoms with Crippen molar-refractivity contribution in [3.8, 4) is 17.0 Å². The summed E-state index contributed by atoms with van der Waals surface area (Å²) in [4.78, 5) is 25.1. The van der Waals surface area contributed by atoms with E-state index in [1.54, 1.807) is 18.6 Å². The molecule has 0 radical (unpaired) electrons. The number of benzene rings is 1. The van der Waals surface area contributed by atoms with Crippen LogP contribution in [0, 0.1) is 0 Å². The highest BCUT2D eigenvalue weighted by molar-refractivity contribution is 5.97. The van der Waals surface area contributed by atoms with E-state index in [-0.39, 0.29) is 5.56 Å². The van der Waals surface area contributed by atoms with Gasteiger partial charge in [0.15, 0.2) is 6.73 Å². The molecular weight excluding hydrogens is 268 g/mol. The van der Waals surface area contributed by atoms with Crippen molar-refractivity contribution in [1.82, 2.24) is 15.0 Å². The molecule has 21 heavy (non-hydrogen) atoms. The molecule has 104 valence electrons. The molecule has 6 nitrogen and oxygen atoms in total. The fraction of sp³-hybridized carbons (Fsp3) is 0.133. The van der Waals surface area contributed by atoms with Crippen molar-refractivity contribution >= 4 is 16.6 Å². The summed E-state index contributed by atoms with van der Waals surface area (Å²) in [6.07, 6.45) is 4.86. The van der Waals surface area contributed by atoms with Crippen molar-refractivity contribution in [3.63, 3.8) is 0 Å². The summed E-state index contributed by atoms with van der Waals surface area (Å²) < 4.78 is 5.64. The molecule has 0 amide bonds. The predicted molar refractivity (Wildman–Crippen MR) is 79.5 cm³/mol.